The molecule has 0 amide bonds. The van der Waals surface area contributed by atoms with Crippen LogP contribution in [0, 0.1) is 0 Å². The molecule has 0 aliphatic rings. The fraction of sp³-hybridized carbons (Fsp3) is 0. The van der Waals surface area contributed by atoms with Crippen LogP contribution in [-0.2, 0) is 22.3 Å². The summed E-state index contributed by atoms with van der Waals surface area (Å²) in [5, 5.41) is 0. The Morgan fingerprint density at radius 1 is 0.333 bits per heavy atom. The molecule has 0 aromatic carbocycles. The van der Waals surface area contributed by atoms with E-state index in [9.17, 15) is 0 Å². The van der Waals surface area contributed by atoms with Crippen LogP contribution < -0.4 is 48.0 Å². The van der Waals surface area contributed by atoms with Crippen LogP contribution in [0.15, 0.2) is 0 Å². The van der Waals surface area contributed by atoms with Crippen molar-refractivity contribution in [1.29, 1.82) is 0 Å². The van der Waals surface area contributed by atoms with Crippen molar-refractivity contribution < 1.29 is 70.3 Å². The minimum Gasteiger partial charge on any atom is -0.672 e. The van der Waals surface area contributed by atoms with Crippen LogP contribution in [0.3, 0.4) is 0 Å². The molecule has 0 heterocycles. The summed E-state index contributed by atoms with van der Waals surface area (Å²) in [5.74, 6) is 0. The summed E-state index contributed by atoms with van der Waals surface area (Å²) in [6.45, 7) is 0. The van der Waals surface area contributed by atoms with E-state index in [0.717, 1.165) is 0 Å². The van der Waals surface area contributed by atoms with Crippen molar-refractivity contribution in [2.45, 2.75) is 0 Å². The molecule has 0 atom stereocenters. The molecule has 0 spiro atoms. The quantitative estimate of drug-likeness (QED) is 0.211. The maximum atomic E-state index is 8.52. The van der Waals surface area contributed by atoms with Crippen LogP contribution in [0.5, 0.6) is 0 Å². The van der Waals surface area contributed by atoms with Crippen molar-refractivity contribution in [1.82, 2.24) is 0 Å². The van der Waals surface area contributed by atoms with Gasteiger partial charge in [-0.1, -0.05) is 0 Å². The van der Waals surface area contributed by atoms with Gasteiger partial charge < -0.3 is 70.3 Å². The van der Waals surface area contributed by atoms with E-state index in [1.807, 2.05) is 0 Å². The summed E-state index contributed by atoms with van der Waals surface area (Å²) < 4.78 is 42.6. The Bertz CT molecular complexity index is 221. The molecule has 15 nitrogen and oxygen atoms in total. The molecule has 24 heteroatoms. The number of hydrogen-bond donors (Lipinski definition) is 0. The largest absolute Gasteiger partial charge is 3.00 e. The molecule has 0 bridgehead atoms. The minimum absolute atomic E-state index is 0. The Hall–Kier alpha value is 2.29. The summed E-state index contributed by atoms with van der Waals surface area (Å²) in [7, 11) is -18.1. The average molecular weight is 709 g/mol. The van der Waals surface area contributed by atoms with Crippen molar-refractivity contribution in [3.8, 4) is 0 Å². The molecule has 0 radical (unpaired) electrons. The van der Waals surface area contributed by atoms with E-state index in [1.54, 1.807) is 0 Å². The summed E-state index contributed by atoms with van der Waals surface area (Å²) in [6, 6.07) is 0. The fourth-order valence-electron chi connectivity index (χ4n) is 0. The van der Waals surface area contributed by atoms with E-state index < -0.39 is 45.9 Å². The van der Waals surface area contributed by atoms with Crippen molar-refractivity contribution in [3.63, 3.8) is 0 Å². The Morgan fingerprint density at radius 2 is 0.333 bits per heavy atom. The summed E-state index contributed by atoms with van der Waals surface area (Å²) >= 11 is 0. The zero-order valence-corrected chi connectivity index (χ0v) is 27.4. The van der Waals surface area contributed by atoms with Gasteiger partial charge in [-0.2, -0.15) is 0 Å². The molecule has 0 unspecified atom stereocenters. The molecule has 24 heavy (non-hydrogen) atoms. The Labute approximate surface area is 243 Å². The van der Waals surface area contributed by atoms with Gasteiger partial charge >= 0.3 is 132 Å². The van der Waals surface area contributed by atoms with Gasteiger partial charge in [0.05, 0.1) is 0 Å². The molecule has 0 aromatic rings. The zero-order chi connectivity index (χ0) is 17.9. The van der Waals surface area contributed by atoms with E-state index in [2.05, 4.69) is 0 Å². The molecule has 0 saturated carbocycles. The van der Waals surface area contributed by atoms with Gasteiger partial charge in [-0.05, 0) is 0 Å². The molecule has 0 saturated heterocycles. The monoisotopic (exact) mass is 710 g/mol. The topological polar surface area (TPSA) is 316 Å². The van der Waals surface area contributed by atoms with Gasteiger partial charge in [0.15, 0.2) is 0 Å². The number of rotatable bonds is 0. The molecule has 120 valence electrons. The summed E-state index contributed by atoms with van der Waals surface area (Å²) in [6.07, 6.45) is 0. The first-order chi connectivity index (χ1) is 8.66. The molecule has 0 aliphatic heterocycles. The van der Waals surface area contributed by atoms with Crippen molar-refractivity contribution in [2.75, 3.05) is 0 Å². The van der Waals surface area contributed by atoms with Gasteiger partial charge in [0, 0.05) is 45.9 Å². The summed E-state index contributed by atoms with van der Waals surface area (Å²) in [5.41, 5.74) is 0. The van der Waals surface area contributed by atoms with E-state index in [-0.39, 0.29) is 132 Å². The van der Waals surface area contributed by atoms with Crippen LogP contribution in [0.25, 0.3) is 0 Å². The molecule has 0 fully saturated rings. The van der Waals surface area contributed by atoms with Crippen LogP contribution in [-0.4, -0.2) is 178 Å². The van der Waals surface area contributed by atoms with Gasteiger partial charge in [-0.3, -0.25) is 0 Å². The maximum Gasteiger partial charge on any atom is 3.00 e. The second-order valence-corrected chi connectivity index (χ2v) is 3.75. The Balaban J connectivity index is -0.0000000161. The molecule has 0 aromatic heterocycles. The molecule has 0 N–H and O–H groups in total. The zero-order valence-electron chi connectivity index (χ0n) is 11.2. The second-order valence-electron chi connectivity index (χ2n) is 1.25. The van der Waals surface area contributed by atoms with Crippen molar-refractivity contribution >= 4 is 178 Å². The third-order valence-electron chi connectivity index (χ3n) is 0. The van der Waals surface area contributed by atoms with Gasteiger partial charge in [-0.15, -0.1) is 0 Å². The normalized spacial score (nSPS) is 5.00. The van der Waals surface area contributed by atoms with Crippen LogP contribution >= 0.6 is 0 Å². The van der Waals surface area contributed by atoms with E-state index >= 15 is 0 Å². The van der Waals surface area contributed by atoms with Gasteiger partial charge in [0.1, 0.15) is 0 Å². The second kappa shape index (κ2) is 49.9. The molecular weight excluding hydrogens is 709 g/mol. The van der Waals surface area contributed by atoms with E-state index in [4.69, 9.17) is 70.3 Å². The predicted molar refractivity (Wildman–Crippen MR) is 55.2 cm³/mol. The van der Waals surface area contributed by atoms with E-state index in [1.165, 1.54) is 0 Å². The molecule has 0 aliphatic carbocycles. The SMILES string of the molecule is O=[Si]([O-])[O-].O=[Si]([O-])[O-].O=[Si]([O-])[O-].O=[Si]([O-])[O-].O=[Si]([O-])[O-].[Al+3].[Al+3].[Ba+2].[Ba+2]. The summed E-state index contributed by atoms with van der Waals surface area (Å²) in [4.78, 5) is 85.2. The molecule has 0 rings (SSSR count). The van der Waals surface area contributed by atoms with Crippen LogP contribution in [0.1, 0.15) is 0 Å². The van der Waals surface area contributed by atoms with Gasteiger partial charge in [0.2, 0.25) is 0 Å². The predicted octanol–water partition coefficient (Wildman–Crippen LogP) is -15.9. The first kappa shape index (κ1) is 56.2. The average Bonchev–Trinajstić information content (AvgIpc) is 1.94. The third-order valence-corrected chi connectivity index (χ3v) is 0. The maximum absolute atomic E-state index is 8.52. The van der Waals surface area contributed by atoms with E-state index in [0.29, 0.717) is 0 Å². The third kappa shape index (κ3) is 2510. The van der Waals surface area contributed by atoms with Gasteiger partial charge in [0.25, 0.3) is 0 Å². The molecular formula is Al2Ba2O15Si5. The first-order valence-corrected chi connectivity index (χ1v) is 9.19. The number of hydrogen-bond acceptors (Lipinski definition) is 15. The van der Waals surface area contributed by atoms with Crippen molar-refractivity contribution in [3.05, 3.63) is 0 Å². The smallest absolute Gasteiger partial charge is 0.672 e. The van der Waals surface area contributed by atoms with Gasteiger partial charge in [-0.25, -0.2) is 0 Å². The van der Waals surface area contributed by atoms with Crippen molar-refractivity contribution in [2.24, 2.45) is 0 Å². The van der Waals surface area contributed by atoms with Crippen LogP contribution in [0.2, 0.25) is 0 Å². The fourth-order valence-corrected chi connectivity index (χ4v) is 0. The standard InChI is InChI=1S/2Al.2Ba.5O3Si/c;;;;5*1-4(2)3/q2*+3;2*+2;5*-2. The Kier molecular flexibility index (Phi) is 117. The minimum atomic E-state index is -3.63. The van der Waals surface area contributed by atoms with Crippen LogP contribution in [0.4, 0.5) is 0 Å². The first-order valence-electron chi connectivity index (χ1n) is 3.06. The Morgan fingerprint density at radius 3 is 0.333 bits per heavy atom.